The van der Waals surface area contributed by atoms with E-state index in [1.54, 1.807) is 18.5 Å². The van der Waals surface area contributed by atoms with Gasteiger partial charge >= 0.3 is 0 Å². The minimum atomic E-state index is -0.462. The molecule has 1 aromatic heterocycles. The third-order valence-electron chi connectivity index (χ3n) is 3.32. The van der Waals surface area contributed by atoms with Crippen molar-refractivity contribution in [1.29, 1.82) is 0 Å². The molecule has 2 rings (SSSR count). The Kier molecular flexibility index (Phi) is 5.09. The third kappa shape index (κ3) is 4.17. The van der Waals surface area contributed by atoms with E-state index in [1.807, 2.05) is 0 Å². The van der Waals surface area contributed by atoms with Crippen LogP contribution in [0.25, 0.3) is 0 Å². The van der Waals surface area contributed by atoms with E-state index in [1.165, 1.54) is 0 Å². The van der Waals surface area contributed by atoms with Crippen LogP contribution in [0.15, 0.2) is 18.5 Å². The number of anilines is 1. The highest BCUT2D eigenvalue weighted by atomic mass is 16.3. The van der Waals surface area contributed by atoms with E-state index < -0.39 is 6.10 Å². The van der Waals surface area contributed by atoms with Crippen molar-refractivity contribution in [1.82, 2.24) is 15.3 Å². The molecule has 6 heteroatoms. The fraction of sp³-hybridized carbons (Fsp3) is 0.615. The van der Waals surface area contributed by atoms with Crippen LogP contribution in [0.3, 0.4) is 0 Å². The minimum Gasteiger partial charge on any atom is -0.392 e. The van der Waals surface area contributed by atoms with Crippen LogP contribution in [0.5, 0.6) is 0 Å². The van der Waals surface area contributed by atoms with E-state index in [4.69, 9.17) is 0 Å². The largest absolute Gasteiger partial charge is 0.392 e. The van der Waals surface area contributed by atoms with Crippen LogP contribution in [0.4, 0.5) is 5.95 Å². The van der Waals surface area contributed by atoms with E-state index in [0.717, 1.165) is 25.7 Å². The zero-order valence-corrected chi connectivity index (χ0v) is 10.9. The molecule has 3 N–H and O–H groups in total. The molecule has 1 fully saturated rings. The molecule has 0 aromatic carbocycles. The number of rotatable bonds is 6. The van der Waals surface area contributed by atoms with Crippen molar-refractivity contribution in [3.05, 3.63) is 18.5 Å². The highest BCUT2D eigenvalue weighted by molar-refractivity contribution is 5.79. The molecule has 6 nitrogen and oxygen atoms in total. The number of nitrogens with zero attached hydrogens (tertiary/aromatic N) is 2. The van der Waals surface area contributed by atoms with Gasteiger partial charge in [-0.15, -0.1) is 0 Å². The summed E-state index contributed by atoms with van der Waals surface area (Å²) >= 11 is 0. The van der Waals surface area contributed by atoms with Gasteiger partial charge in [0.25, 0.3) is 0 Å². The number of aromatic nitrogens is 2. The second-order valence-corrected chi connectivity index (χ2v) is 4.75. The Morgan fingerprint density at radius 2 is 2.11 bits per heavy atom. The first-order chi connectivity index (χ1) is 9.27. The monoisotopic (exact) mass is 264 g/mol. The van der Waals surface area contributed by atoms with Crippen molar-refractivity contribution in [2.24, 2.45) is 5.92 Å². The predicted octanol–water partition coefficient (Wildman–Crippen LogP) is 0.556. The first kappa shape index (κ1) is 13.7. The zero-order valence-electron chi connectivity index (χ0n) is 10.9. The number of hydrogen-bond donors (Lipinski definition) is 3. The average Bonchev–Trinajstić information content (AvgIpc) is 2.86. The number of nitrogens with one attached hydrogen (secondary N) is 2. The fourth-order valence-corrected chi connectivity index (χ4v) is 2.27. The van der Waals surface area contributed by atoms with Gasteiger partial charge in [0.15, 0.2) is 0 Å². The normalized spacial score (nSPS) is 22.2. The van der Waals surface area contributed by atoms with Gasteiger partial charge in [0.05, 0.1) is 12.0 Å². The molecule has 0 spiro atoms. The number of carbonyl (C=O) groups is 1. The first-order valence-corrected chi connectivity index (χ1v) is 6.74. The molecule has 2 atom stereocenters. The van der Waals surface area contributed by atoms with E-state index in [0.29, 0.717) is 19.0 Å². The SMILES string of the molecule is O=C(NCCCNc1ncccn1)C1CCCC1O. The lowest BCUT2D eigenvalue weighted by atomic mass is 10.1. The molecule has 1 saturated carbocycles. The summed E-state index contributed by atoms with van der Waals surface area (Å²) in [5, 5.41) is 15.6. The molecule has 19 heavy (non-hydrogen) atoms. The van der Waals surface area contributed by atoms with Gasteiger partial charge in [-0.25, -0.2) is 9.97 Å². The van der Waals surface area contributed by atoms with E-state index >= 15 is 0 Å². The number of carbonyl (C=O) groups excluding carboxylic acids is 1. The standard InChI is InChI=1S/C13H20N4O2/c18-11-5-1-4-10(11)12(19)14-6-2-7-15-13-16-8-3-9-17-13/h3,8-11,18H,1-2,4-7H2,(H,14,19)(H,15,16,17). The van der Waals surface area contributed by atoms with E-state index in [2.05, 4.69) is 20.6 Å². The van der Waals surface area contributed by atoms with Gasteiger partial charge in [-0.3, -0.25) is 4.79 Å². The number of amides is 1. The summed E-state index contributed by atoms with van der Waals surface area (Å²) in [6.45, 7) is 1.30. The maximum atomic E-state index is 11.8. The molecule has 1 aliphatic carbocycles. The van der Waals surface area contributed by atoms with Gasteiger partial charge in [-0.1, -0.05) is 0 Å². The van der Waals surface area contributed by atoms with E-state index in [-0.39, 0.29) is 11.8 Å². The summed E-state index contributed by atoms with van der Waals surface area (Å²) in [6.07, 6.45) is 6.17. The Labute approximate surface area is 112 Å². The maximum Gasteiger partial charge on any atom is 0.225 e. The summed E-state index contributed by atoms with van der Waals surface area (Å²) in [5.74, 6) is 0.353. The lowest BCUT2D eigenvalue weighted by Crippen LogP contribution is -2.35. The molecule has 0 aliphatic heterocycles. The summed E-state index contributed by atoms with van der Waals surface area (Å²) in [6, 6.07) is 1.76. The van der Waals surface area contributed by atoms with Crippen LogP contribution in [0, 0.1) is 5.92 Å². The Morgan fingerprint density at radius 1 is 1.32 bits per heavy atom. The highest BCUT2D eigenvalue weighted by Crippen LogP contribution is 2.25. The molecule has 1 heterocycles. The van der Waals surface area contributed by atoms with Gasteiger partial charge in [-0.05, 0) is 31.7 Å². The van der Waals surface area contributed by atoms with Crippen LogP contribution < -0.4 is 10.6 Å². The Bertz CT molecular complexity index is 399. The lowest BCUT2D eigenvalue weighted by molar-refractivity contribution is -0.127. The molecule has 0 saturated heterocycles. The van der Waals surface area contributed by atoms with Crippen molar-refractivity contribution in [2.45, 2.75) is 31.8 Å². The number of aliphatic hydroxyl groups is 1. The third-order valence-corrected chi connectivity index (χ3v) is 3.32. The van der Waals surface area contributed by atoms with Crippen LogP contribution in [0.1, 0.15) is 25.7 Å². The van der Waals surface area contributed by atoms with Crippen molar-refractivity contribution in [3.63, 3.8) is 0 Å². The predicted molar refractivity (Wildman–Crippen MR) is 71.5 cm³/mol. The fourth-order valence-electron chi connectivity index (χ4n) is 2.27. The molecule has 0 radical (unpaired) electrons. The van der Waals surface area contributed by atoms with Gasteiger partial charge in [0, 0.05) is 25.5 Å². The van der Waals surface area contributed by atoms with Gasteiger partial charge in [0.1, 0.15) is 0 Å². The van der Waals surface area contributed by atoms with Gasteiger partial charge in [-0.2, -0.15) is 0 Å². The molecule has 0 bridgehead atoms. The molecule has 1 aromatic rings. The highest BCUT2D eigenvalue weighted by Gasteiger charge is 2.30. The van der Waals surface area contributed by atoms with Crippen molar-refractivity contribution < 1.29 is 9.90 Å². The second kappa shape index (κ2) is 7.04. The number of hydrogen-bond acceptors (Lipinski definition) is 5. The Hall–Kier alpha value is -1.69. The van der Waals surface area contributed by atoms with Gasteiger partial charge in [0.2, 0.25) is 11.9 Å². The van der Waals surface area contributed by atoms with Crippen molar-refractivity contribution in [3.8, 4) is 0 Å². The van der Waals surface area contributed by atoms with Crippen LogP contribution in [0.2, 0.25) is 0 Å². The zero-order chi connectivity index (χ0) is 13.5. The topological polar surface area (TPSA) is 87.1 Å². The number of aliphatic hydroxyl groups excluding tert-OH is 1. The quantitative estimate of drug-likeness (QED) is 0.653. The smallest absolute Gasteiger partial charge is 0.225 e. The van der Waals surface area contributed by atoms with Crippen molar-refractivity contribution >= 4 is 11.9 Å². The maximum absolute atomic E-state index is 11.8. The van der Waals surface area contributed by atoms with E-state index in [9.17, 15) is 9.90 Å². The average molecular weight is 264 g/mol. The van der Waals surface area contributed by atoms with Crippen LogP contribution >= 0.6 is 0 Å². The van der Waals surface area contributed by atoms with Crippen LogP contribution in [-0.4, -0.2) is 40.2 Å². The minimum absolute atomic E-state index is 0.0269. The van der Waals surface area contributed by atoms with Gasteiger partial charge < -0.3 is 15.7 Å². The van der Waals surface area contributed by atoms with Crippen LogP contribution in [-0.2, 0) is 4.79 Å². The van der Waals surface area contributed by atoms with Crippen molar-refractivity contribution in [2.75, 3.05) is 18.4 Å². The Balaban J connectivity index is 1.58. The lowest BCUT2D eigenvalue weighted by Gasteiger charge is -2.14. The molecule has 1 aliphatic rings. The molecule has 2 unspecified atom stereocenters. The molecule has 104 valence electrons. The first-order valence-electron chi connectivity index (χ1n) is 6.74. The second-order valence-electron chi connectivity index (χ2n) is 4.75. The summed E-state index contributed by atoms with van der Waals surface area (Å²) in [4.78, 5) is 19.9. The summed E-state index contributed by atoms with van der Waals surface area (Å²) in [7, 11) is 0. The molecule has 1 amide bonds. The molecular weight excluding hydrogens is 244 g/mol. The Morgan fingerprint density at radius 3 is 2.79 bits per heavy atom. The molecular formula is C13H20N4O2. The summed E-state index contributed by atoms with van der Waals surface area (Å²) in [5.41, 5.74) is 0. The summed E-state index contributed by atoms with van der Waals surface area (Å²) < 4.78 is 0.